The lowest BCUT2D eigenvalue weighted by Gasteiger charge is -2.30. The van der Waals surface area contributed by atoms with Crippen molar-refractivity contribution in [3.8, 4) is 0 Å². The van der Waals surface area contributed by atoms with Crippen molar-refractivity contribution in [1.82, 2.24) is 5.32 Å². The average Bonchev–Trinajstić information content (AvgIpc) is 2.69. The van der Waals surface area contributed by atoms with Crippen molar-refractivity contribution in [2.75, 3.05) is 7.11 Å². The van der Waals surface area contributed by atoms with E-state index in [0.29, 0.717) is 18.2 Å². The van der Waals surface area contributed by atoms with E-state index in [-0.39, 0.29) is 11.2 Å². The van der Waals surface area contributed by atoms with E-state index >= 15 is 0 Å². The standard InChI is InChI=1S/C14H27NO2/c1-13(2)9-12(14(3,4)17-13)15-10-6-7-11(8-10)16-5/h10-12,15H,6-9H2,1-5H3. The summed E-state index contributed by atoms with van der Waals surface area (Å²) < 4.78 is 11.5. The Hall–Kier alpha value is -0.120. The Morgan fingerprint density at radius 3 is 2.35 bits per heavy atom. The summed E-state index contributed by atoms with van der Waals surface area (Å²) >= 11 is 0. The second-order valence-electron chi connectivity index (χ2n) is 6.76. The van der Waals surface area contributed by atoms with Crippen LogP contribution in [0.3, 0.4) is 0 Å². The molecule has 1 saturated heterocycles. The van der Waals surface area contributed by atoms with Crippen LogP contribution in [0.2, 0.25) is 0 Å². The molecule has 2 rings (SSSR count). The zero-order valence-corrected chi connectivity index (χ0v) is 11.9. The first-order chi connectivity index (χ1) is 7.82. The molecule has 0 radical (unpaired) electrons. The largest absolute Gasteiger partial charge is 0.381 e. The molecule has 0 aromatic carbocycles. The zero-order chi connectivity index (χ0) is 12.7. The van der Waals surface area contributed by atoms with Gasteiger partial charge in [0.2, 0.25) is 0 Å². The molecule has 3 heteroatoms. The van der Waals surface area contributed by atoms with Gasteiger partial charge in [0.25, 0.3) is 0 Å². The fourth-order valence-electron chi connectivity index (χ4n) is 3.41. The first-order valence-corrected chi connectivity index (χ1v) is 6.81. The second-order valence-corrected chi connectivity index (χ2v) is 6.76. The lowest BCUT2D eigenvalue weighted by atomic mass is 9.93. The van der Waals surface area contributed by atoms with Crippen molar-refractivity contribution < 1.29 is 9.47 Å². The summed E-state index contributed by atoms with van der Waals surface area (Å²) in [6.07, 6.45) is 5.10. The summed E-state index contributed by atoms with van der Waals surface area (Å²) in [6, 6.07) is 1.06. The van der Waals surface area contributed by atoms with Crippen LogP contribution in [-0.2, 0) is 9.47 Å². The summed E-state index contributed by atoms with van der Waals surface area (Å²) in [5.41, 5.74) is -0.0604. The predicted octanol–water partition coefficient (Wildman–Crippen LogP) is 2.49. The minimum atomic E-state index is -0.0609. The minimum Gasteiger partial charge on any atom is -0.381 e. The molecule has 17 heavy (non-hydrogen) atoms. The summed E-state index contributed by atoms with van der Waals surface area (Å²) in [5.74, 6) is 0. The number of rotatable bonds is 3. The molecule has 3 atom stereocenters. The van der Waals surface area contributed by atoms with Crippen LogP contribution in [0.15, 0.2) is 0 Å². The van der Waals surface area contributed by atoms with Crippen LogP contribution in [0.4, 0.5) is 0 Å². The fraction of sp³-hybridized carbons (Fsp3) is 1.00. The number of ether oxygens (including phenoxy) is 2. The first kappa shape index (κ1) is 13.3. The van der Waals surface area contributed by atoms with Gasteiger partial charge in [-0.1, -0.05) is 0 Å². The van der Waals surface area contributed by atoms with E-state index in [1.54, 1.807) is 0 Å². The Kier molecular flexibility index (Phi) is 3.54. The first-order valence-electron chi connectivity index (χ1n) is 6.81. The van der Waals surface area contributed by atoms with Crippen molar-refractivity contribution in [2.24, 2.45) is 0 Å². The molecular formula is C14H27NO2. The van der Waals surface area contributed by atoms with Gasteiger partial charge in [-0.3, -0.25) is 0 Å². The molecular weight excluding hydrogens is 214 g/mol. The molecule has 1 heterocycles. The van der Waals surface area contributed by atoms with Crippen molar-refractivity contribution in [3.05, 3.63) is 0 Å². The fourth-order valence-corrected chi connectivity index (χ4v) is 3.41. The van der Waals surface area contributed by atoms with Crippen LogP contribution in [-0.4, -0.2) is 36.5 Å². The van der Waals surface area contributed by atoms with Crippen molar-refractivity contribution in [2.45, 2.75) is 82.8 Å². The number of nitrogens with one attached hydrogen (secondary N) is 1. The highest BCUT2D eigenvalue weighted by Gasteiger charge is 2.46. The van der Waals surface area contributed by atoms with Gasteiger partial charge in [0.15, 0.2) is 0 Å². The molecule has 0 bridgehead atoms. The molecule has 1 aliphatic carbocycles. The van der Waals surface area contributed by atoms with Crippen LogP contribution >= 0.6 is 0 Å². The quantitative estimate of drug-likeness (QED) is 0.823. The third-order valence-corrected chi connectivity index (χ3v) is 4.23. The van der Waals surface area contributed by atoms with Gasteiger partial charge in [0.05, 0.1) is 17.3 Å². The normalized spacial score (nSPS) is 39.7. The van der Waals surface area contributed by atoms with Crippen LogP contribution < -0.4 is 5.32 Å². The van der Waals surface area contributed by atoms with E-state index < -0.39 is 0 Å². The molecule has 1 N–H and O–H groups in total. The van der Waals surface area contributed by atoms with Crippen LogP contribution in [0.1, 0.15) is 53.4 Å². The SMILES string of the molecule is COC1CCC(NC2CC(C)(C)OC2(C)C)C1. The molecule has 0 spiro atoms. The van der Waals surface area contributed by atoms with E-state index in [1.165, 1.54) is 12.8 Å². The van der Waals surface area contributed by atoms with Gasteiger partial charge >= 0.3 is 0 Å². The second kappa shape index (κ2) is 4.52. The van der Waals surface area contributed by atoms with Crippen LogP contribution in [0, 0.1) is 0 Å². The molecule has 3 unspecified atom stereocenters. The molecule has 0 aromatic heterocycles. The molecule has 1 saturated carbocycles. The maximum Gasteiger partial charge on any atom is 0.0787 e. The zero-order valence-electron chi connectivity index (χ0n) is 11.9. The highest BCUT2D eigenvalue weighted by Crippen LogP contribution is 2.38. The van der Waals surface area contributed by atoms with Crippen molar-refractivity contribution in [1.29, 1.82) is 0 Å². The summed E-state index contributed by atoms with van der Waals surface area (Å²) in [6.45, 7) is 8.76. The monoisotopic (exact) mass is 241 g/mol. The highest BCUT2D eigenvalue weighted by molar-refractivity contribution is 5.00. The maximum absolute atomic E-state index is 6.12. The minimum absolute atomic E-state index is 0.000425. The summed E-state index contributed by atoms with van der Waals surface area (Å²) in [4.78, 5) is 0. The lowest BCUT2D eigenvalue weighted by molar-refractivity contribution is -0.0705. The number of hydrogen-bond acceptors (Lipinski definition) is 3. The van der Waals surface area contributed by atoms with Gasteiger partial charge in [-0.25, -0.2) is 0 Å². The molecule has 0 amide bonds. The van der Waals surface area contributed by atoms with Crippen molar-refractivity contribution in [3.63, 3.8) is 0 Å². The summed E-state index contributed by atoms with van der Waals surface area (Å²) in [7, 11) is 1.82. The van der Waals surface area contributed by atoms with E-state index in [4.69, 9.17) is 9.47 Å². The topological polar surface area (TPSA) is 30.5 Å². The van der Waals surface area contributed by atoms with E-state index in [0.717, 1.165) is 12.8 Å². The van der Waals surface area contributed by atoms with E-state index in [9.17, 15) is 0 Å². The summed E-state index contributed by atoms with van der Waals surface area (Å²) in [5, 5.41) is 3.78. The maximum atomic E-state index is 6.12. The molecule has 3 nitrogen and oxygen atoms in total. The Labute approximate surface area is 105 Å². The van der Waals surface area contributed by atoms with Crippen LogP contribution in [0.5, 0.6) is 0 Å². The van der Waals surface area contributed by atoms with E-state index in [1.807, 2.05) is 7.11 Å². The Balaban J connectivity index is 1.91. The average molecular weight is 241 g/mol. The van der Waals surface area contributed by atoms with Gasteiger partial charge < -0.3 is 14.8 Å². The van der Waals surface area contributed by atoms with Gasteiger partial charge in [0.1, 0.15) is 0 Å². The molecule has 1 aliphatic heterocycles. The van der Waals surface area contributed by atoms with Gasteiger partial charge in [-0.15, -0.1) is 0 Å². The lowest BCUT2D eigenvalue weighted by Crippen LogP contribution is -2.47. The molecule has 2 fully saturated rings. The van der Waals surface area contributed by atoms with Gasteiger partial charge in [-0.2, -0.15) is 0 Å². The number of hydrogen-bond donors (Lipinski definition) is 1. The van der Waals surface area contributed by atoms with E-state index in [2.05, 4.69) is 33.0 Å². The third kappa shape index (κ3) is 3.01. The Morgan fingerprint density at radius 1 is 1.18 bits per heavy atom. The molecule has 2 aliphatic rings. The van der Waals surface area contributed by atoms with Crippen LogP contribution in [0.25, 0.3) is 0 Å². The highest BCUT2D eigenvalue weighted by atomic mass is 16.5. The van der Waals surface area contributed by atoms with Crippen molar-refractivity contribution >= 4 is 0 Å². The molecule has 100 valence electrons. The smallest absolute Gasteiger partial charge is 0.0787 e. The van der Waals surface area contributed by atoms with Gasteiger partial charge in [-0.05, 0) is 53.4 Å². The molecule has 0 aromatic rings. The Morgan fingerprint density at radius 2 is 1.88 bits per heavy atom. The Bertz CT molecular complexity index is 275. The number of methoxy groups -OCH3 is 1. The third-order valence-electron chi connectivity index (χ3n) is 4.23. The predicted molar refractivity (Wildman–Crippen MR) is 69.2 cm³/mol. The van der Waals surface area contributed by atoms with Gasteiger partial charge in [0, 0.05) is 19.2 Å².